The normalized spacial score (nSPS) is 26.7. The van der Waals surface area contributed by atoms with Crippen LogP contribution in [0.25, 0.3) is 0 Å². The van der Waals surface area contributed by atoms with E-state index in [0.29, 0.717) is 35.7 Å². The van der Waals surface area contributed by atoms with Crippen molar-refractivity contribution >= 4 is 5.97 Å². The lowest BCUT2D eigenvalue weighted by Crippen LogP contribution is -2.24. The Morgan fingerprint density at radius 3 is 2.63 bits per heavy atom. The number of aromatic amines is 1. The van der Waals surface area contributed by atoms with E-state index in [2.05, 4.69) is 18.8 Å². The summed E-state index contributed by atoms with van der Waals surface area (Å²) in [7, 11) is 0. The number of ether oxygens (including phenoxy) is 1. The highest BCUT2D eigenvalue weighted by Crippen LogP contribution is 2.32. The fourth-order valence-electron chi connectivity index (χ4n) is 3.10. The molecule has 102 valence electrons. The summed E-state index contributed by atoms with van der Waals surface area (Å²) in [6.07, 6.45) is 3.53. The second kappa shape index (κ2) is 5.92. The molecule has 0 saturated heterocycles. The Morgan fingerprint density at radius 1 is 1.37 bits per heavy atom. The third kappa shape index (κ3) is 3.60. The summed E-state index contributed by atoms with van der Waals surface area (Å²) in [5.74, 6) is 1.52. The first-order valence-corrected chi connectivity index (χ1v) is 6.84. The molecule has 1 saturated carbocycles. The number of hydrogen-bond acceptors (Lipinski definition) is 3. The van der Waals surface area contributed by atoms with E-state index in [4.69, 9.17) is 10.00 Å². The molecule has 4 nitrogen and oxygen atoms in total. The number of hydrogen-bond donors (Lipinski definition) is 1. The first-order valence-electron chi connectivity index (χ1n) is 6.84. The monoisotopic (exact) mass is 260 g/mol. The van der Waals surface area contributed by atoms with E-state index in [9.17, 15) is 4.79 Å². The van der Waals surface area contributed by atoms with Gasteiger partial charge in [-0.1, -0.05) is 13.8 Å². The number of esters is 1. The van der Waals surface area contributed by atoms with E-state index in [1.807, 2.05) is 6.07 Å². The van der Waals surface area contributed by atoms with Gasteiger partial charge in [-0.25, -0.2) is 4.79 Å². The minimum Gasteiger partial charge on any atom is -0.461 e. The quantitative estimate of drug-likeness (QED) is 0.849. The van der Waals surface area contributed by atoms with Gasteiger partial charge in [-0.15, -0.1) is 0 Å². The van der Waals surface area contributed by atoms with Crippen molar-refractivity contribution in [3.05, 3.63) is 23.5 Å². The highest BCUT2D eigenvalue weighted by molar-refractivity contribution is 5.87. The van der Waals surface area contributed by atoms with Crippen LogP contribution in [0.2, 0.25) is 0 Å². The van der Waals surface area contributed by atoms with Crippen molar-refractivity contribution in [3.8, 4) is 6.07 Å². The molecule has 2 unspecified atom stereocenters. The summed E-state index contributed by atoms with van der Waals surface area (Å²) in [5, 5.41) is 8.69. The lowest BCUT2D eigenvalue weighted by molar-refractivity contribution is 0.0355. The number of nitrogens with one attached hydrogen (secondary N) is 1. The highest BCUT2D eigenvalue weighted by Gasteiger charge is 2.25. The first-order chi connectivity index (χ1) is 9.08. The number of carbonyl (C=O) groups excluding carboxylic acids is 1. The van der Waals surface area contributed by atoms with Crippen molar-refractivity contribution in [3.63, 3.8) is 0 Å². The van der Waals surface area contributed by atoms with Crippen LogP contribution in [-0.4, -0.2) is 17.6 Å². The molecule has 0 aromatic carbocycles. The molecule has 1 fully saturated rings. The molecule has 1 aromatic rings. The van der Waals surface area contributed by atoms with E-state index >= 15 is 0 Å². The Kier molecular flexibility index (Phi) is 4.26. The minimum absolute atomic E-state index is 0.355. The zero-order chi connectivity index (χ0) is 13.8. The predicted molar refractivity (Wildman–Crippen MR) is 71.5 cm³/mol. The first kappa shape index (κ1) is 13.7. The molecular weight excluding hydrogens is 240 g/mol. The molecule has 0 amide bonds. The van der Waals surface area contributed by atoms with Gasteiger partial charge in [0.15, 0.2) is 0 Å². The Balaban J connectivity index is 1.85. The molecule has 19 heavy (non-hydrogen) atoms. The number of carbonyl (C=O) groups is 1. The van der Waals surface area contributed by atoms with Crippen LogP contribution in [0.1, 0.15) is 49.3 Å². The van der Waals surface area contributed by atoms with Crippen LogP contribution in [0, 0.1) is 29.1 Å². The van der Waals surface area contributed by atoms with Crippen molar-refractivity contribution in [1.29, 1.82) is 5.26 Å². The summed E-state index contributed by atoms with van der Waals surface area (Å²) >= 11 is 0. The van der Waals surface area contributed by atoms with Crippen LogP contribution < -0.4 is 0 Å². The van der Waals surface area contributed by atoms with Crippen molar-refractivity contribution in [2.75, 3.05) is 6.61 Å². The van der Waals surface area contributed by atoms with Gasteiger partial charge in [-0.05, 0) is 49.1 Å². The Hall–Kier alpha value is -1.76. The number of aromatic nitrogens is 1. The van der Waals surface area contributed by atoms with Gasteiger partial charge in [0.1, 0.15) is 17.5 Å². The van der Waals surface area contributed by atoms with Gasteiger partial charge in [0.25, 0.3) is 0 Å². The van der Waals surface area contributed by atoms with Crippen LogP contribution in [-0.2, 0) is 4.74 Å². The summed E-state index contributed by atoms with van der Waals surface area (Å²) in [6.45, 7) is 5.00. The van der Waals surface area contributed by atoms with Gasteiger partial charge in [0, 0.05) is 0 Å². The Morgan fingerprint density at radius 2 is 2.05 bits per heavy atom. The molecule has 1 heterocycles. The number of nitrogens with zero attached hydrogens (tertiary/aromatic N) is 1. The topological polar surface area (TPSA) is 65.9 Å². The smallest absolute Gasteiger partial charge is 0.354 e. The van der Waals surface area contributed by atoms with E-state index in [1.54, 1.807) is 12.1 Å². The molecule has 0 radical (unpaired) electrons. The highest BCUT2D eigenvalue weighted by atomic mass is 16.5. The molecule has 0 spiro atoms. The summed E-state index contributed by atoms with van der Waals surface area (Å²) in [6, 6.07) is 5.13. The van der Waals surface area contributed by atoms with Crippen LogP contribution in [0.5, 0.6) is 0 Å². The second-order valence-corrected chi connectivity index (χ2v) is 5.78. The largest absolute Gasteiger partial charge is 0.461 e. The zero-order valence-corrected chi connectivity index (χ0v) is 11.5. The lowest BCUT2D eigenvalue weighted by atomic mass is 9.77. The van der Waals surface area contributed by atoms with Gasteiger partial charge in [-0.3, -0.25) is 0 Å². The van der Waals surface area contributed by atoms with Crippen LogP contribution in [0.15, 0.2) is 12.1 Å². The predicted octanol–water partition coefficient (Wildman–Crippen LogP) is 3.12. The van der Waals surface area contributed by atoms with E-state index in [-0.39, 0.29) is 5.97 Å². The van der Waals surface area contributed by atoms with Crippen LogP contribution >= 0.6 is 0 Å². The van der Waals surface area contributed by atoms with Gasteiger partial charge in [-0.2, -0.15) is 5.26 Å². The molecule has 4 heteroatoms. The lowest BCUT2D eigenvalue weighted by Gasteiger charge is -2.30. The molecular formula is C15H20N2O2. The van der Waals surface area contributed by atoms with Crippen molar-refractivity contribution in [2.45, 2.75) is 33.1 Å². The Bertz CT molecular complexity index is 477. The number of nitriles is 1. The van der Waals surface area contributed by atoms with Gasteiger partial charge in [0.2, 0.25) is 0 Å². The zero-order valence-electron chi connectivity index (χ0n) is 11.5. The SMILES string of the molecule is CC1CC(C)CC(COC(=O)c2ccc(C#N)[nH]2)C1. The van der Waals surface area contributed by atoms with Crippen LogP contribution in [0.3, 0.4) is 0 Å². The molecule has 2 rings (SSSR count). The average molecular weight is 260 g/mol. The molecule has 2 atom stereocenters. The van der Waals surface area contributed by atoms with Crippen molar-refractivity contribution in [1.82, 2.24) is 4.98 Å². The average Bonchev–Trinajstić information content (AvgIpc) is 2.83. The summed E-state index contributed by atoms with van der Waals surface area (Å²) in [5.41, 5.74) is 0.736. The summed E-state index contributed by atoms with van der Waals surface area (Å²) in [4.78, 5) is 14.5. The molecule has 1 aromatic heterocycles. The van der Waals surface area contributed by atoms with E-state index in [1.165, 1.54) is 6.42 Å². The third-order valence-corrected chi connectivity index (χ3v) is 3.75. The maximum Gasteiger partial charge on any atom is 0.354 e. The standard InChI is InChI=1S/C15H20N2O2/c1-10-5-11(2)7-12(6-10)9-19-15(18)14-4-3-13(8-16)17-14/h3-4,10-12,17H,5-7,9H2,1-2H3. The molecule has 0 bridgehead atoms. The van der Waals surface area contributed by atoms with Gasteiger partial charge in [0.05, 0.1) is 6.61 Å². The fourth-order valence-corrected chi connectivity index (χ4v) is 3.10. The molecule has 0 aliphatic heterocycles. The molecule has 1 N–H and O–H groups in total. The van der Waals surface area contributed by atoms with E-state index < -0.39 is 0 Å². The third-order valence-electron chi connectivity index (χ3n) is 3.75. The van der Waals surface area contributed by atoms with Crippen molar-refractivity contribution < 1.29 is 9.53 Å². The molecule has 1 aliphatic carbocycles. The van der Waals surface area contributed by atoms with Gasteiger partial charge < -0.3 is 9.72 Å². The maximum atomic E-state index is 11.8. The maximum absolute atomic E-state index is 11.8. The van der Waals surface area contributed by atoms with Crippen molar-refractivity contribution in [2.24, 2.45) is 17.8 Å². The Labute approximate surface area is 113 Å². The number of rotatable bonds is 3. The fraction of sp³-hybridized carbons (Fsp3) is 0.600. The second-order valence-electron chi connectivity index (χ2n) is 5.78. The minimum atomic E-state index is -0.368. The van der Waals surface area contributed by atoms with Gasteiger partial charge >= 0.3 is 5.97 Å². The summed E-state index contributed by atoms with van der Waals surface area (Å²) < 4.78 is 5.34. The molecule has 1 aliphatic rings. The van der Waals surface area contributed by atoms with E-state index in [0.717, 1.165) is 12.8 Å². The van der Waals surface area contributed by atoms with Crippen LogP contribution in [0.4, 0.5) is 0 Å². The number of H-pyrrole nitrogens is 1.